The molecule has 0 fully saturated rings. The standard InChI is InChI=1S/C11H16ClNOS/c1-4-13(8(2)3)7-9(14)10-5-6-11(12)15-10/h5-6,8H,4,7H2,1-3H3. The largest absolute Gasteiger partial charge is 0.294 e. The van der Waals surface area contributed by atoms with Crippen molar-refractivity contribution in [2.75, 3.05) is 13.1 Å². The summed E-state index contributed by atoms with van der Waals surface area (Å²) in [5.41, 5.74) is 0. The van der Waals surface area contributed by atoms with Crippen LogP contribution in [-0.4, -0.2) is 29.8 Å². The minimum absolute atomic E-state index is 0.155. The van der Waals surface area contributed by atoms with Gasteiger partial charge in [0.25, 0.3) is 0 Å². The first kappa shape index (κ1) is 12.7. The maximum atomic E-state index is 11.8. The molecule has 2 nitrogen and oxygen atoms in total. The van der Waals surface area contributed by atoms with Crippen LogP contribution in [0.15, 0.2) is 12.1 Å². The predicted octanol–water partition coefficient (Wildman–Crippen LogP) is 3.31. The second-order valence-electron chi connectivity index (χ2n) is 3.68. The number of carbonyl (C=O) groups excluding carboxylic acids is 1. The number of rotatable bonds is 5. The normalized spacial score (nSPS) is 11.3. The fourth-order valence-corrected chi connectivity index (χ4v) is 2.36. The molecule has 1 rings (SSSR count). The zero-order valence-electron chi connectivity index (χ0n) is 9.29. The number of halogens is 1. The molecule has 4 heteroatoms. The Kier molecular flexibility index (Phi) is 4.77. The Labute approximate surface area is 99.9 Å². The van der Waals surface area contributed by atoms with Crippen LogP contribution in [0.3, 0.4) is 0 Å². The Morgan fingerprint density at radius 1 is 1.53 bits per heavy atom. The average Bonchev–Trinajstić information content (AvgIpc) is 2.60. The molecule has 0 aliphatic heterocycles. The molecular weight excluding hydrogens is 230 g/mol. The molecular formula is C11H16ClNOS. The Morgan fingerprint density at radius 2 is 2.20 bits per heavy atom. The van der Waals surface area contributed by atoms with Crippen LogP contribution in [-0.2, 0) is 0 Å². The maximum absolute atomic E-state index is 11.8. The summed E-state index contributed by atoms with van der Waals surface area (Å²) in [5, 5.41) is 0. The lowest BCUT2D eigenvalue weighted by atomic mass is 10.2. The fourth-order valence-electron chi connectivity index (χ4n) is 1.39. The molecule has 1 aromatic rings. The molecule has 0 saturated heterocycles. The van der Waals surface area contributed by atoms with Crippen LogP contribution in [0.5, 0.6) is 0 Å². The SMILES string of the molecule is CCN(CC(=O)c1ccc(Cl)s1)C(C)C. The van der Waals surface area contributed by atoms with Gasteiger partial charge in [0.2, 0.25) is 0 Å². The van der Waals surface area contributed by atoms with Crippen molar-refractivity contribution in [3.63, 3.8) is 0 Å². The fraction of sp³-hybridized carbons (Fsp3) is 0.545. The summed E-state index contributed by atoms with van der Waals surface area (Å²) in [7, 11) is 0. The van der Waals surface area contributed by atoms with Crippen LogP contribution in [0.25, 0.3) is 0 Å². The van der Waals surface area contributed by atoms with Gasteiger partial charge in [-0.3, -0.25) is 9.69 Å². The lowest BCUT2D eigenvalue weighted by Gasteiger charge is -2.23. The van der Waals surface area contributed by atoms with Gasteiger partial charge in [-0.25, -0.2) is 0 Å². The van der Waals surface area contributed by atoms with Crippen LogP contribution in [0.4, 0.5) is 0 Å². The topological polar surface area (TPSA) is 20.3 Å². The third-order valence-electron chi connectivity index (χ3n) is 2.33. The van der Waals surface area contributed by atoms with Crippen LogP contribution < -0.4 is 0 Å². The van der Waals surface area contributed by atoms with Gasteiger partial charge in [-0.2, -0.15) is 0 Å². The number of nitrogens with zero attached hydrogens (tertiary/aromatic N) is 1. The summed E-state index contributed by atoms with van der Waals surface area (Å²) < 4.78 is 0.672. The van der Waals surface area contributed by atoms with E-state index < -0.39 is 0 Å². The highest BCUT2D eigenvalue weighted by Gasteiger charge is 2.14. The zero-order valence-corrected chi connectivity index (χ0v) is 10.9. The number of hydrogen-bond donors (Lipinski definition) is 0. The van der Waals surface area contributed by atoms with Gasteiger partial charge < -0.3 is 0 Å². The first-order valence-electron chi connectivity index (χ1n) is 5.07. The first-order valence-corrected chi connectivity index (χ1v) is 6.26. The van der Waals surface area contributed by atoms with Gasteiger partial charge in [0.05, 0.1) is 15.8 Å². The quantitative estimate of drug-likeness (QED) is 0.742. The number of hydrogen-bond acceptors (Lipinski definition) is 3. The summed E-state index contributed by atoms with van der Waals surface area (Å²) in [6.45, 7) is 7.62. The van der Waals surface area contributed by atoms with Crippen molar-refractivity contribution < 1.29 is 4.79 Å². The van der Waals surface area contributed by atoms with Crippen LogP contribution in [0, 0.1) is 0 Å². The van der Waals surface area contributed by atoms with Crippen molar-refractivity contribution in [3.8, 4) is 0 Å². The summed E-state index contributed by atoms with van der Waals surface area (Å²) in [6.07, 6.45) is 0. The second kappa shape index (κ2) is 5.64. The first-order chi connectivity index (χ1) is 7.04. The average molecular weight is 246 g/mol. The molecule has 0 spiro atoms. The van der Waals surface area contributed by atoms with Crippen molar-refractivity contribution in [3.05, 3.63) is 21.3 Å². The maximum Gasteiger partial charge on any atom is 0.186 e. The van der Waals surface area contributed by atoms with Gasteiger partial charge in [-0.05, 0) is 32.5 Å². The van der Waals surface area contributed by atoms with Gasteiger partial charge in [-0.1, -0.05) is 18.5 Å². The van der Waals surface area contributed by atoms with E-state index in [1.807, 2.05) is 0 Å². The van der Waals surface area contributed by atoms with Crippen molar-refractivity contribution in [2.24, 2.45) is 0 Å². The summed E-state index contributed by atoms with van der Waals surface area (Å²) in [4.78, 5) is 14.7. The number of carbonyl (C=O) groups is 1. The Hall–Kier alpha value is -0.380. The Balaban J connectivity index is 2.62. The number of thiophene rings is 1. The highest BCUT2D eigenvalue weighted by Crippen LogP contribution is 2.22. The molecule has 0 N–H and O–H groups in total. The molecule has 0 aliphatic rings. The molecule has 84 valence electrons. The van der Waals surface area contributed by atoms with Crippen molar-refractivity contribution in [2.45, 2.75) is 26.8 Å². The molecule has 1 heterocycles. The van der Waals surface area contributed by atoms with E-state index in [9.17, 15) is 4.79 Å². The second-order valence-corrected chi connectivity index (χ2v) is 5.40. The molecule has 0 bridgehead atoms. The molecule has 0 saturated carbocycles. The van der Waals surface area contributed by atoms with Gasteiger partial charge in [-0.15, -0.1) is 11.3 Å². The van der Waals surface area contributed by atoms with Crippen molar-refractivity contribution in [1.82, 2.24) is 4.90 Å². The van der Waals surface area contributed by atoms with E-state index in [-0.39, 0.29) is 5.78 Å². The van der Waals surface area contributed by atoms with E-state index in [0.717, 1.165) is 11.4 Å². The highest BCUT2D eigenvalue weighted by molar-refractivity contribution is 7.18. The van der Waals surface area contributed by atoms with E-state index in [4.69, 9.17) is 11.6 Å². The third-order valence-corrected chi connectivity index (χ3v) is 3.60. The van der Waals surface area contributed by atoms with E-state index in [0.29, 0.717) is 16.9 Å². The van der Waals surface area contributed by atoms with Crippen molar-refractivity contribution in [1.29, 1.82) is 0 Å². The Bertz CT molecular complexity index is 335. The molecule has 15 heavy (non-hydrogen) atoms. The lowest BCUT2D eigenvalue weighted by Crippen LogP contribution is -2.35. The highest BCUT2D eigenvalue weighted by atomic mass is 35.5. The predicted molar refractivity (Wildman–Crippen MR) is 66.0 cm³/mol. The molecule has 0 atom stereocenters. The molecule has 0 unspecified atom stereocenters. The van der Waals surface area contributed by atoms with E-state index in [1.54, 1.807) is 12.1 Å². The smallest absolute Gasteiger partial charge is 0.186 e. The third kappa shape index (κ3) is 3.59. The molecule has 1 aromatic heterocycles. The lowest BCUT2D eigenvalue weighted by molar-refractivity contribution is 0.0915. The molecule has 0 amide bonds. The zero-order chi connectivity index (χ0) is 11.4. The minimum atomic E-state index is 0.155. The summed E-state index contributed by atoms with van der Waals surface area (Å²) >= 11 is 7.14. The summed E-state index contributed by atoms with van der Waals surface area (Å²) in [6, 6.07) is 3.96. The van der Waals surface area contributed by atoms with E-state index in [1.165, 1.54) is 11.3 Å². The molecule has 0 radical (unpaired) electrons. The van der Waals surface area contributed by atoms with Gasteiger partial charge in [0, 0.05) is 6.04 Å². The number of likely N-dealkylation sites (N-methyl/N-ethyl adjacent to an activating group) is 1. The van der Waals surface area contributed by atoms with E-state index in [2.05, 4.69) is 25.7 Å². The molecule has 0 aliphatic carbocycles. The van der Waals surface area contributed by atoms with E-state index >= 15 is 0 Å². The van der Waals surface area contributed by atoms with Gasteiger partial charge in [0.15, 0.2) is 5.78 Å². The number of Topliss-reactive ketones (excluding diaryl/α,β-unsaturated/α-hetero) is 1. The number of ketones is 1. The summed E-state index contributed by atoms with van der Waals surface area (Å²) in [5.74, 6) is 0.155. The minimum Gasteiger partial charge on any atom is -0.294 e. The van der Waals surface area contributed by atoms with Crippen molar-refractivity contribution >= 4 is 28.7 Å². The monoisotopic (exact) mass is 245 g/mol. The van der Waals surface area contributed by atoms with Crippen LogP contribution in [0.2, 0.25) is 4.34 Å². The van der Waals surface area contributed by atoms with Crippen LogP contribution in [0.1, 0.15) is 30.4 Å². The van der Waals surface area contributed by atoms with Crippen LogP contribution >= 0.6 is 22.9 Å². The van der Waals surface area contributed by atoms with Gasteiger partial charge >= 0.3 is 0 Å². The molecule has 0 aromatic carbocycles. The van der Waals surface area contributed by atoms with Gasteiger partial charge in [0.1, 0.15) is 0 Å². The Morgan fingerprint density at radius 3 is 2.60 bits per heavy atom.